The zero-order valence-electron chi connectivity index (χ0n) is 23.4. The summed E-state index contributed by atoms with van der Waals surface area (Å²) in [5.74, 6) is 0.894. The number of fused-ring (bicyclic) bond motifs is 1. The van der Waals surface area contributed by atoms with Gasteiger partial charge in [0, 0.05) is 43.2 Å². The summed E-state index contributed by atoms with van der Waals surface area (Å²) in [6, 6.07) is 0.867. The van der Waals surface area contributed by atoms with Gasteiger partial charge in [-0.1, -0.05) is 12.2 Å². The molecule has 1 unspecified atom stereocenters. The number of hydrogen-bond acceptors (Lipinski definition) is 6. The van der Waals surface area contributed by atoms with Crippen LogP contribution in [0.3, 0.4) is 0 Å². The number of amides is 2. The van der Waals surface area contributed by atoms with E-state index < -0.39 is 12.5 Å². The number of carbonyl (C=O) groups excluding carboxylic acids is 1. The summed E-state index contributed by atoms with van der Waals surface area (Å²) in [4.78, 5) is 28.6. The van der Waals surface area contributed by atoms with Crippen molar-refractivity contribution in [2.45, 2.75) is 64.5 Å². The van der Waals surface area contributed by atoms with E-state index in [1.807, 2.05) is 36.7 Å². The maximum absolute atomic E-state index is 13.3. The lowest BCUT2D eigenvalue weighted by Crippen LogP contribution is -2.45. The highest BCUT2D eigenvalue weighted by atomic mass is 19.3. The van der Waals surface area contributed by atoms with Crippen LogP contribution >= 0.6 is 0 Å². The highest BCUT2D eigenvalue weighted by Gasteiger charge is 2.25. The molecule has 3 heterocycles. The normalized spacial score (nSPS) is 12.7. The van der Waals surface area contributed by atoms with Crippen molar-refractivity contribution in [3.8, 4) is 22.9 Å². The SMILES string of the molecule is C=CCCOc1nc(-c2cc([C@@H](C)N(CC)C(=O)NC(CC=C)CCCC(F)F)ncc2OC)cn2ccnc12. The van der Waals surface area contributed by atoms with Crippen LogP contribution in [0.4, 0.5) is 13.6 Å². The Morgan fingerprint density at radius 3 is 2.73 bits per heavy atom. The van der Waals surface area contributed by atoms with Gasteiger partial charge in [0.05, 0.1) is 37.3 Å². The summed E-state index contributed by atoms with van der Waals surface area (Å²) < 4.78 is 38.5. The van der Waals surface area contributed by atoms with Crippen LogP contribution in [0.1, 0.15) is 57.7 Å². The number of methoxy groups -OCH3 is 1. The first-order valence-electron chi connectivity index (χ1n) is 13.4. The Hall–Kier alpha value is -4.02. The van der Waals surface area contributed by atoms with E-state index in [4.69, 9.17) is 14.5 Å². The van der Waals surface area contributed by atoms with Crippen molar-refractivity contribution in [3.63, 3.8) is 0 Å². The summed E-state index contributed by atoms with van der Waals surface area (Å²) in [7, 11) is 1.56. The van der Waals surface area contributed by atoms with Crippen LogP contribution in [0, 0.1) is 0 Å². The fourth-order valence-corrected chi connectivity index (χ4v) is 4.40. The number of nitrogens with zero attached hydrogens (tertiary/aromatic N) is 5. The smallest absolute Gasteiger partial charge is 0.318 e. The molecular weight excluding hydrogens is 518 g/mol. The van der Waals surface area contributed by atoms with E-state index in [1.165, 1.54) is 0 Å². The zero-order chi connectivity index (χ0) is 29.1. The van der Waals surface area contributed by atoms with Crippen molar-refractivity contribution in [3.05, 3.63) is 61.9 Å². The predicted octanol–water partition coefficient (Wildman–Crippen LogP) is 6.23. The standard InChI is InChI=1S/C29H38F2N6O3/c1-6-9-16-40-28-27-32-14-15-36(27)19-24(35-28)22-17-23(33-18-25(22)39-5)20(4)37(8-3)29(38)34-21(11-7-2)12-10-13-26(30)31/h6-7,14-15,17-21,26H,1-2,8-13,16H2,3-5H3,(H,34,38)/t20-,21?/m1/s1. The third-order valence-electron chi connectivity index (χ3n) is 6.54. The van der Waals surface area contributed by atoms with Crippen molar-refractivity contribution >= 4 is 11.7 Å². The van der Waals surface area contributed by atoms with Crippen molar-refractivity contribution in [2.24, 2.45) is 0 Å². The second kappa shape index (κ2) is 14.9. The number of halogens is 2. The molecule has 0 bridgehead atoms. The molecule has 0 saturated carbocycles. The van der Waals surface area contributed by atoms with Gasteiger partial charge < -0.3 is 24.1 Å². The summed E-state index contributed by atoms with van der Waals surface area (Å²) in [6.45, 7) is 12.0. The molecule has 2 amide bonds. The first-order valence-corrected chi connectivity index (χ1v) is 13.4. The molecule has 0 aliphatic rings. The third-order valence-corrected chi connectivity index (χ3v) is 6.54. The highest BCUT2D eigenvalue weighted by Crippen LogP contribution is 2.33. The third kappa shape index (κ3) is 7.77. The molecule has 9 nitrogen and oxygen atoms in total. The van der Waals surface area contributed by atoms with Gasteiger partial charge in [0.1, 0.15) is 5.75 Å². The molecule has 216 valence electrons. The van der Waals surface area contributed by atoms with Crippen LogP contribution < -0.4 is 14.8 Å². The van der Waals surface area contributed by atoms with E-state index in [9.17, 15) is 13.6 Å². The molecule has 0 fully saturated rings. The lowest BCUT2D eigenvalue weighted by molar-refractivity contribution is 0.132. The largest absolute Gasteiger partial charge is 0.494 e. The average Bonchev–Trinajstić information content (AvgIpc) is 3.42. The fourth-order valence-electron chi connectivity index (χ4n) is 4.40. The minimum atomic E-state index is -2.36. The molecule has 3 aromatic rings. The highest BCUT2D eigenvalue weighted by molar-refractivity contribution is 5.75. The lowest BCUT2D eigenvalue weighted by Gasteiger charge is -2.30. The molecule has 11 heteroatoms. The number of pyridine rings is 1. The molecule has 3 rings (SSSR count). The van der Waals surface area contributed by atoms with E-state index in [0.717, 1.165) is 0 Å². The fraction of sp³-hybridized carbons (Fsp3) is 0.448. The van der Waals surface area contributed by atoms with Gasteiger partial charge in [-0.3, -0.25) is 4.98 Å². The van der Waals surface area contributed by atoms with Crippen molar-refractivity contribution < 1.29 is 23.0 Å². The molecule has 0 aromatic carbocycles. The number of aromatic nitrogens is 4. The Kier molecular flexibility index (Phi) is 11.4. The van der Waals surface area contributed by atoms with Gasteiger partial charge >= 0.3 is 6.03 Å². The van der Waals surface area contributed by atoms with Crippen LogP contribution in [0.15, 0.2) is 56.2 Å². The molecule has 0 radical (unpaired) electrons. The number of carbonyl (C=O) groups is 1. The number of nitrogens with one attached hydrogen (secondary N) is 1. The maximum Gasteiger partial charge on any atom is 0.318 e. The summed E-state index contributed by atoms with van der Waals surface area (Å²) in [6.07, 6.45) is 9.72. The van der Waals surface area contributed by atoms with Gasteiger partial charge in [-0.25, -0.2) is 23.5 Å². The molecule has 0 aliphatic heterocycles. The van der Waals surface area contributed by atoms with Crippen LogP contribution in [-0.2, 0) is 0 Å². The molecule has 0 saturated heterocycles. The maximum atomic E-state index is 13.3. The first kappa shape index (κ1) is 30.5. The lowest BCUT2D eigenvalue weighted by atomic mass is 10.1. The number of ether oxygens (including phenoxy) is 2. The molecule has 40 heavy (non-hydrogen) atoms. The summed E-state index contributed by atoms with van der Waals surface area (Å²) >= 11 is 0. The minimum Gasteiger partial charge on any atom is -0.494 e. The van der Waals surface area contributed by atoms with Gasteiger partial charge in [-0.15, -0.1) is 13.2 Å². The van der Waals surface area contributed by atoms with E-state index in [1.54, 1.807) is 36.6 Å². The van der Waals surface area contributed by atoms with Gasteiger partial charge in [0.25, 0.3) is 5.88 Å². The molecule has 3 aromatic heterocycles. The minimum absolute atomic E-state index is 0.199. The monoisotopic (exact) mass is 556 g/mol. The van der Waals surface area contributed by atoms with Gasteiger partial charge in [-0.2, -0.15) is 0 Å². The number of imidazole rings is 1. The van der Waals surface area contributed by atoms with E-state index in [2.05, 4.69) is 28.4 Å². The Morgan fingerprint density at radius 1 is 1.25 bits per heavy atom. The van der Waals surface area contributed by atoms with Crippen LogP contribution in [0.5, 0.6) is 11.6 Å². The second-order valence-corrected chi connectivity index (χ2v) is 9.28. The van der Waals surface area contributed by atoms with E-state index in [0.29, 0.717) is 73.1 Å². The number of rotatable bonds is 16. The molecule has 1 N–H and O–H groups in total. The van der Waals surface area contributed by atoms with Crippen molar-refractivity contribution in [1.29, 1.82) is 0 Å². The van der Waals surface area contributed by atoms with Crippen LogP contribution in [0.2, 0.25) is 0 Å². The zero-order valence-corrected chi connectivity index (χ0v) is 23.4. The summed E-state index contributed by atoms with van der Waals surface area (Å²) in [5, 5.41) is 2.98. The van der Waals surface area contributed by atoms with Gasteiger partial charge in [0.2, 0.25) is 12.1 Å². The summed E-state index contributed by atoms with van der Waals surface area (Å²) in [5.41, 5.74) is 2.49. The number of hydrogen-bond donors (Lipinski definition) is 1. The Balaban J connectivity index is 1.88. The topological polar surface area (TPSA) is 93.9 Å². The molecular formula is C29H38F2N6O3. The number of urea groups is 1. The Bertz CT molecular complexity index is 1280. The van der Waals surface area contributed by atoms with Crippen LogP contribution in [-0.4, -0.2) is 63.0 Å². The first-order chi connectivity index (χ1) is 19.3. The van der Waals surface area contributed by atoms with Gasteiger partial charge in [0.15, 0.2) is 0 Å². The van der Waals surface area contributed by atoms with E-state index >= 15 is 0 Å². The Morgan fingerprint density at radius 2 is 2.05 bits per heavy atom. The van der Waals surface area contributed by atoms with E-state index in [-0.39, 0.29) is 18.5 Å². The second-order valence-electron chi connectivity index (χ2n) is 9.28. The predicted molar refractivity (Wildman–Crippen MR) is 151 cm³/mol. The van der Waals surface area contributed by atoms with Crippen LogP contribution in [0.25, 0.3) is 16.9 Å². The molecule has 2 atom stereocenters. The van der Waals surface area contributed by atoms with Gasteiger partial charge in [-0.05, 0) is 45.6 Å². The Labute approximate surface area is 233 Å². The van der Waals surface area contributed by atoms with Crippen molar-refractivity contribution in [1.82, 2.24) is 29.6 Å². The van der Waals surface area contributed by atoms with Crippen molar-refractivity contribution in [2.75, 3.05) is 20.3 Å². The quantitative estimate of drug-likeness (QED) is 0.166. The average molecular weight is 557 g/mol. The number of alkyl halides is 2. The molecule has 0 spiro atoms. The molecule has 0 aliphatic carbocycles.